The summed E-state index contributed by atoms with van der Waals surface area (Å²) in [5.74, 6) is 0.264. The van der Waals surface area contributed by atoms with Crippen molar-refractivity contribution in [3.63, 3.8) is 0 Å². The fourth-order valence-electron chi connectivity index (χ4n) is 4.29. The van der Waals surface area contributed by atoms with E-state index in [-0.39, 0.29) is 11.8 Å². The number of halogens is 1. The Kier molecular flexibility index (Phi) is 5.72. The molecular formula is C23H29FN4O. The molecule has 2 aromatic carbocycles. The van der Waals surface area contributed by atoms with Gasteiger partial charge in [-0.3, -0.25) is 4.90 Å². The lowest BCUT2D eigenvalue weighted by molar-refractivity contribution is 0.242. The number of hydrogen-bond acceptors (Lipinski definition) is 3. The number of hydrogen-bond donors (Lipinski definition) is 1. The molecule has 2 aromatic rings. The van der Waals surface area contributed by atoms with Crippen LogP contribution in [0.3, 0.4) is 0 Å². The molecular weight excluding hydrogens is 367 g/mol. The van der Waals surface area contributed by atoms with Gasteiger partial charge in [-0.1, -0.05) is 12.1 Å². The predicted molar refractivity (Wildman–Crippen MR) is 115 cm³/mol. The zero-order valence-electron chi connectivity index (χ0n) is 17.1. The number of fused-ring (bicyclic) bond motifs is 1. The van der Waals surface area contributed by atoms with Crippen LogP contribution in [0.4, 0.5) is 26.2 Å². The molecule has 2 heterocycles. The minimum Gasteiger partial charge on any atom is -0.338 e. The van der Waals surface area contributed by atoms with Gasteiger partial charge < -0.3 is 15.1 Å². The van der Waals surface area contributed by atoms with E-state index in [1.54, 1.807) is 12.1 Å². The summed E-state index contributed by atoms with van der Waals surface area (Å²) in [6, 6.07) is 14.9. The highest BCUT2D eigenvalue weighted by Gasteiger charge is 2.29. The van der Waals surface area contributed by atoms with E-state index in [2.05, 4.69) is 29.0 Å². The van der Waals surface area contributed by atoms with Gasteiger partial charge in [0.1, 0.15) is 5.82 Å². The molecule has 0 saturated carbocycles. The molecule has 1 saturated heterocycles. The molecule has 0 bridgehead atoms. The Morgan fingerprint density at radius 3 is 2.48 bits per heavy atom. The molecule has 0 unspecified atom stereocenters. The second kappa shape index (κ2) is 8.41. The van der Waals surface area contributed by atoms with Crippen LogP contribution in [-0.2, 0) is 0 Å². The first-order valence-corrected chi connectivity index (χ1v) is 10.4. The van der Waals surface area contributed by atoms with Crippen LogP contribution in [0.15, 0.2) is 48.5 Å². The van der Waals surface area contributed by atoms with Crippen molar-refractivity contribution in [3.05, 3.63) is 54.3 Å². The van der Waals surface area contributed by atoms with Crippen LogP contribution in [0.25, 0.3) is 0 Å². The Morgan fingerprint density at radius 2 is 1.79 bits per heavy atom. The van der Waals surface area contributed by atoms with E-state index in [1.165, 1.54) is 12.1 Å². The molecule has 2 amide bonds. The standard InChI is InChI=1S/C23H29FN4O/c1-17(2)26-12-11-18(16-26)15-25-23(29)28-14-13-27(20-9-7-19(24)8-10-20)21-5-3-4-6-22(21)28/h3-10,17-18H,11-16H2,1-2H3,(H,25,29)/t18-/m0/s1. The van der Waals surface area contributed by atoms with Gasteiger partial charge >= 0.3 is 6.03 Å². The van der Waals surface area contributed by atoms with Gasteiger partial charge in [-0.2, -0.15) is 0 Å². The summed E-state index contributed by atoms with van der Waals surface area (Å²) < 4.78 is 13.3. The molecule has 4 rings (SSSR count). The Labute approximate surface area is 172 Å². The number of nitrogens with one attached hydrogen (secondary N) is 1. The average molecular weight is 397 g/mol. The van der Waals surface area contributed by atoms with E-state index in [0.717, 1.165) is 36.6 Å². The zero-order chi connectivity index (χ0) is 20.4. The SMILES string of the molecule is CC(C)N1CC[C@@H](CNC(=O)N2CCN(c3ccc(F)cc3)c3ccccc32)C1. The summed E-state index contributed by atoms with van der Waals surface area (Å²) >= 11 is 0. The molecule has 2 aliphatic rings. The molecule has 2 aliphatic heterocycles. The summed E-state index contributed by atoms with van der Waals surface area (Å²) in [5, 5.41) is 3.15. The molecule has 5 nitrogen and oxygen atoms in total. The molecule has 1 atom stereocenters. The van der Waals surface area contributed by atoms with E-state index in [1.807, 2.05) is 29.2 Å². The van der Waals surface area contributed by atoms with Crippen LogP contribution in [0.5, 0.6) is 0 Å². The van der Waals surface area contributed by atoms with Gasteiger partial charge in [0.15, 0.2) is 0 Å². The number of carbonyl (C=O) groups excluding carboxylic acids is 1. The van der Waals surface area contributed by atoms with E-state index >= 15 is 0 Å². The minimum atomic E-state index is -0.247. The lowest BCUT2D eigenvalue weighted by Gasteiger charge is -2.37. The first-order valence-electron chi connectivity index (χ1n) is 10.4. The minimum absolute atomic E-state index is 0.0424. The highest BCUT2D eigenvalue weighted by Crippen LogP contribution is 2.37. The third kappa shape index (κ3) is 4.22. The Balaban J connectivity index is 1.45. The molecule has 0 aliphatic carbocycles. The quantitative estimate of drug-likeness (QED) is 0.841. The third-order valence-corrected chi connectivity index (χ3v) is 5.98. The number of urea groups is 1. The summed E-state index contributed by atoms with van der Waals surface area (Å²) in [4.78, 5) is 19.4. The second-order valence-electron chi connectivity index (χ2n) is 8.20. The van der Waals surface area contributed by atoms with Crippen molar-refractivity contribution in [1.29, 1.82) is 0 Å². The predicted octanol–water partition coefficient (Wildman–Crippen LogP) is 4.22. The number of anilines is 3. The molecule has 0 radical (unpaired) electrons. The number of carbonyl (C=O) groups is 1. The summed E-state index contributed by atoms with van der Waals surface area (Å²) in [6.45, 7) is 8.56. The molecule has 1 N–H and O–H groups in total. The number of likely N-dealkylation sites (tertiary alicyclic amines) is 1. The maximum atomic E-state index is 13.3. The maximum Gasteiger partial charge on any atom is 0.322 e. The van der Waals surface area contributed by atoms with Gasteiger partial charge in [-0.25, -0.2) is 9.18 Å². The van der Waals surface area contributed by atoms with Gasteiger partial charge in [-0.05, 0) is 69.1 Å². The van der Waals surface area contributed by atoms with Crippen molar-refractivity contribution in [2.24, 2.45) is 5.92 Å². The van der Waals surface area contributed by atoms with Crippen molar-refractivity contribution >= 4 is 23.1 Å². The fraction of sp³-hybridized carbons (Fsp3) is 0.435. The van der Waals surface area contributed by atoms with Crippen LogP contribution in [0, 0.1) is 11.7 Å². The zero-order valence-corrected chi connectivity index (χ0v) is 17.1. The molecule has 0 aromatic heterocycles. The van der Waals surface area contributed by atoms with Gasteiger partial charge in [0.05, 0.1) is 11.4 Å². The molecule has 29 heavy (non-hydrogen) atoms. The van der Waals surface area contributed by atoms with E-state index in [9.17, 15) is 9.18 Å². The Morgan fingerprint density at radius 1 is 1.07 bits per heavy atom. The smallest absolute Gasteiger partial charge is 0.322 e. The molecule has 1 fully saturated rings. The van der Waals surface area contributed by atoms with Gasteiger partial charge in [0.25, 0.3) is 0 Å². The van der Waals surface area contributed by atoms with Crippen molar-refractivity contribution in [1.82, 2.24) is 10.2 Å². The first kappa shape index (κ1) is 19.7. The monoisotopic (exact) mass is 396 g/mol. The van der Waals surface area contributed by atoms with E-state index < -0.39 is 0 Å². The Bertz CT molecular complexity index is 854. The fourth-order valence-corrected chi connectivity index (χ4v) is 4.29. The number of amides is 2. The van der Waals surface area contributed by atoms with Gasteiger partial charge in [0.2, 0.25) is 0 Å². The van der Waals surface area contributed by atoms with Crippen LogP contribution >= 0.6 is 0 Å². The summed E-state index contributed by atoms with van der Waals surface area (Å²) in [5.41, 5.74) is 2.78. The van der Waals surface area contributed by atoms with E-state index in [4.69, 9.17) is 0 Å². The van der Waals surface area contributed by atoms with Crippen LogP contribution in [0.1, 0.15) is 20.3 Å². The lowest BCUT2D eigenvalue weighted by atomic mass is 10.1. The maximum absolute atomic E-state index is 13.3. The van der Waals surface area contributed by atoms with E-state index in [0.29, 0.717) is 31.6 Å². The number of rotatable bonds is 4. The second-order valence-corrected chi connectivity index (χ2v) is 8.20. The molecule has 0 spiro atoms. The Hall–Kier alpha value is -2.60. The van der Waals surface area contributed by atoms with Crippen LogP contribution in [0.2, 0.25) is 0 Å². The van der Waals surface area contributed by atoms with Gasteiger partial charge in [-0.15, -0.1) is 0 Å². The normalized spacial score (nSPS) is 19.5. The molecule has 6 heteroatoms. The van der Waals surface area contributed by atoms with Crippen molar-refractivity contribution < 1.29 is 9.18 Å². The summed E-state index contributed by atoms with van der Waals surface area (Å²) in [6.07, 6.45) is 1.13. The lowest BCUT2D eigenvalue weighted by Crippen LogP contribution is -2.48. The number of nitrogens with zero attached hydrogens (tertiary/aromatic N) is 3. The van der Waals surface area contributed by atoms with Crippen molar-refractivity contribution in [2.45, 2.75) is 26.3 Å². The van der Waals surface area contributed by atoms with Gasteiger partial charge in [0, 0.05) is 37.9 Å². The number of para-hydroxylation sites is 2. The summed E-state index contributed by atoms with van der Waals surface area (Å²) in [7, 11) is 0. The largest absolute Gasteiger partial charge is 0.338 e. The average Bonchev–Trinajstić information content (AvgIpc) is 3.21. The van der Waals surface area contributed by atoms with Crippen molar-refractivity contribution in [2.75, 3.05) is 42.5 Å². The highest BCUT2D eigenvalue weighted by molar-refractivity contribution is 5.97. The topological polar surface area (TPSA) is 38.8 Å². The van der Waals surface area contributed by atoms with Crippen molar-refractivity contribution in [3.8, 4) is 0 Å². The number of benzene rings is 2. The highest BCUT2D eigenvalue weighted by atomic mass is 19.1. The molecule has 154 valence electrons. The first-order chi connectivity index (χ1) is 14.0. The van der Waals surface area contributed by atoms with Crippen LogP contribution < -0.4 is 15.1 Å². The van der Waals surface area contributed by atoms with Crippen LogP contribution in [-0.4, -0.2) is 49.7 Å². The third-order valence-electron chi connectivity index (χ3n) is 5.98.